The quantitative estimate of drug-likeness (QED) is 0.806. The number of hydrogen-bond acceptors (Lipinski definition) is 4. The SMILES string of the molecule is CCN(Cc1ccc(OC)cc1)C(=O)c1ccccc1S(C)(=O)=O. The van der Waals surface area contributed by atoms with Crippen LogP contribution in [0.1, 0.15) is 22.8 Å². The third-order valence-electron chi connectivity index (χ3n) is 3.72. The van der Waals surface area contributed by atoms with Gasteiger partial charge in [0, 0.05) is 19.3 Å². The molecule has 0 spiro atoms. The number of hydrogen-bond donors (Lipinski definition) is 0. The van der Waals surface area contributed by atoms with Gasteiger partial charge < -0.3 is 9.64 Å². The van der Waals surface area contributed by atoms with Crippen LogP contribution in [0.25, 0.3) is 0 Å². The van der Waals surface area contributed by atoms with Gasteiger partial charge in [0.1, 0.15) is 5.75 Å². The van der Waals surface area contributed by atoms with E-state index in [0.29, 0.717) is 13.1 Å². The second-order valence-corrected chi connectivity index (χ2v) is 7.42. The van der Waals surface area contributed by atoms with Crippen LogP contribution in [0, 0.1) is 0 Å². The molecule has 0 saturated carbocycles. The predicted octanol–water partition coefficient (Wildman–Crippen LogP) is 2.76. The van der Waals surface area contributed by atoms with Crippen LogP contribution in [0.5, 0.6) is 5.75 Å². The van der Waals surface area contributed by atoms with E-state index in [2.05, 4.69) is 0 Å². The second kappa shape index (κ2) is 7.49. The zero-order valence-electron chi connectivity index (χ0n) is 14.0. The van der Waals surface area contributed by atoms with E-state index in [4.69, 9.17) is 4.74 Å². The van der Waals surface area contributed by atoms with E-state index >= 15 is 0 Å². The van der Waals surface area contributed by atoms with Crippen molar-refractivity contribution in [1.82, 2.24) is 4.90 Å². The highest BCUT2D eigenvalue weighted by molar-refractivity contribution is 7.90. The summed E-state index contributed by atoms with van der Waals surface area (Å²) >= 11 is 0. The molecule has 0 heterocycles. The minimum absolute atomic E-state index is 0.0585. The Hall–Kier alpha value is -2.34. The van der Waals surface area contributed by atoms with Crippen LogP contribution in [-0.2, 0) is 16.4 Å². The molecule has 0 aliphatic rings. The van der Waals surface area contributed by atoms with E-state index in [1.165, 1.54) is 6.07 Å². The lowest BCUT2D eigenvalue weighted by Gasteiger charge is -2.22. The normalized spacial score (nSPS) is 11.1. The molecule has 6 heteroatoms. The van der Waals surface area contributed by atoms with E-state index in [0.717, 1.165) is 17.6 Å². The van der Waals surface area contributed by atoms with Crippen molar-refractivity contribution in [2.45, 2.75) is 18.4 Å². The zero-order valence-corrected chi connectivity index (χ0v) is 14.8. The lowest BCUT2D eigenvalue weighted by Crippen LogP contribution is -2.31. The van der Waals surface area contributed by atoms with E-state index in [1.54, 1.807) is 30.2 Å². The van der Waals surface area contributed by atoms with Gasteiger partial charge in [-0.2, -0.15) is 0 Å². The van der Waals surface area contributed by atoms with Gasteiger partial charge in [0.05, 0.1) is 17.6 Å². The molecule has 0 radical (unpaired) electrons. The summed E-state index contributed by atoms with van der Waals surface area (Å²) < 4.78 is 28.9. The van der Waals surface area contributed by atoms with Crippen LogP contribution in [0.2, 0.25) is 0 Å². The standard InChI is InChI=1S/C18H21NO4S/c1-4-19(13-14-9-11-15(23-2)12-10-14)18(20)16-7-5-6-8-17(16)24(3,21)22/h5-12H,4,13H2,1-3H3. The fourth-order valence-electron chi connectivity index (χ4n) is 2.42. The van der Waals surface area contributed by atoms with Crippen molar-refractivity contribution < 1.29 is 17.9 Å². The maximum Gasteiger partial charge on any atom is 0.255 e. The lowest BCUT2D eigenvalue weighted by molar-refractivity contribution is 0.0748. The molecule has 0 aromatic heterocycles. The predicted molar refractivity (Wildman–Crippen MR) is 93.0 cm³/mol. The molecule has 0 fully saturated rings. The molecule has 1 amide bonds. The smallest absolute Gasteiger partial charge is 0.255 e. The Morgan fingerprint density at radius 1 is 1.08 bits per heavy atom. The monoisotopic (exact) mass is 347 g/mol. The molecule has 0 unspecified atom stereocenters. The Labute approximate surface area is 142 Å². The lowest BCUT2D eigenvalue weighted by atomic mass is 10.1. The van der Waals surface area contributed by atoms with Crippen molar-refractivity contribution in [2.24, 2.45) is 0 Å². The average Bonchev–Trinajstić information content (AvgIpc) is 2.59. The highest BCUT2D eigenvalue weighted by atomic mass is 32.2. The molecule has 0 aliphatic carbocycles. The molecule has 24 heavy (non-hydrogen) atoms. The number of amides is 1. The van der Waals surface area contributed by atoms with Crippen molar-refractivity contribution >= 4 is 15.7 Å². The minimum Gasteiger partial charge on any atom is -0.497 e. The van der Waals surface area contributed by atoms with E-state index < -0.39 is 9.84 Å². The summed E-state index contributed by atoms with van der Waals surface area (Å²) in [6.07, 6.45) is 1.11. The molecule has 0 aliphatic heterocycles. The maximum atomic E-state index is 12.8. The van der Waals surface area contributed by atoms with E-state index in [1.807, 2.05) is 31.2 Å². The van der Waals surface area contributed by atoms with Crippen LogP contribution < -0.4 is 4.74 Å². The number of sulfone groups is 1. The van der Waals surface area contributed by atoms with Crippen molar-refractivity contribution in [3.8, 4) is 5.75 Å². The Bertz CT molecular complexity index is 813. The molecular weight excluding hydrogens is 326 g/mol. The first-order valence-electron chi connectivity index (χ1n) is 7.58. The van der Waals surface area contributed by atoms with Crippen LogP contribution in [0.15, 0.2) is 53.4 Å². The Kier molecular flexibility index (Phi) is 5.62. The molecule has 2 aromatic carbocycles. The molecule has 2 aromatic rings. The molecule has 0 bridgehead atoms. The molecular formula is C18H21NO4S. The number of nitrogens with zero attached hydrogens (tertiary/aromatic N) is 1. The van der Waals surface area contributed by atoms with Gasteiger partial charge in [-0.3, -0.25) is 4.79 Å². The summed E-state index contributed by atoms with van der Waals surface area (Å²) in [4.78, 5) is 14.5. The fraction of sp³-hybridized carbons (Fsp3) is 0.278. The zero-order chi connectivity index (χ0) is 17.7. The third-order valence-corrected chi connectivity index (χ3v) is 4.87. The van der Waals surface area contributed by atoms with Crippen LogP contribution in [0.3, 0.4) is 0 Å². The maximum absolute atomic E-state index is 12.8. The first-order valence-corrected chi connectivity index (χ1v) is 9.47. The highest BCUT2D eigenvalue weighted by Crippen LogP contribution is 2.19. The van der Waals surface area contributed by atoms with Gasteiger partial charge in [-0.05, 0) is 36.8 Å². The average molecular weight is 347 g/mol. The van der Waals surface area contributed by atoms with Crippen molar-refractivity contribution in [3.05, 3.63) is 59.7 Å². The van der Waals surface area contributed by atoms with Crippen LogP contribution in [0.4, 0.5) is 0 Å². The molecule has 128 valence electrons. The number of carbonyl (C=O) groups is 1. The summed E-state index contributed by atoms with van der Waals surface area (Å²) in [7, 11) is -1.87. The van der Waals surface area contributed by atoms with Gasteiger partial charge in [-0.25, -0.2) is 8.42 Å². The molecule has 0 saturated heterocycles. The van der Waals surface area contributed by atoms with E-state index in [9.17, 15) is 13.2 Å². The van der Waals surface area contributed by atoms with Crippen LogP contribution in [-0.4, -0.2) is 39.1 Å². The number of rotatable bonds is 6. The van der Waals surface area contributed by atoms with Gasteiger partial charge >= 0.3 is 0 Å². The first kappa shape index (κ1) is 18.0. The van der Waals surface area contributed by atoms with Crippen molar-refractivity contribution in [1.29, 1.82) is 0 Å². The van der Waals surface area contributed by atoms with Crippen LogP contribution >= 0.6 is 0 Å². The fourth-order valence-corrected chi connectivity index (χ4v) is 3.30. The summed E-state index contributed by atoms with van der Waals surface area (Å²) in [5.74, 6) is 0.449. The molecule has 5 nitrogen and oxygen atoms in total. The molecule has 0 atom stereocenters. The van der Waals surface area contributed by atoms with Gasteiger partial charge in [0.15, 0.2) is 9.84 Å². The number of ether oxygens (including phenoxy) is 1. The molecule has 0 N–H and O–H groups in total. The summed E-state index contributed by atoms with van der Waals surface area (Å²) in [6, 6.07) is 13.7. The second-order valence-electron chi connectivity index (χ2n) is 5.44. The topological polar surface area (TPSA) is 63.7 Å². The number of benzene rings is 2. The van der Waals surface area contributed by atoms with Crippen molar-refractivity contribution in [3.63, 3.8) is 0 Å². The third kappa shape index (κ3) is 4.14. The Balaban J connectivity index is 2.29. The van der Waals surface area contributed by atoms with Gasteiger partial charge in [0.25, 0.3) is 5.91 Å². The summed E-state index contributed by atoms with van der Waals surface area (Å²) in [5.41, 5.74) is 1.15. The minimum atomic E-state index is -3.47. The number of methoxy groups -OCH3 is 1. The van der Waals surface area contributed by atoms with Gasteiger partial charge in [-0.1, -0.05) is 24.3 Å². The summed E-state index contributed by atoms with van der Waals surface area (Å²) in [5, 5.41) is 0. The largest absolute Gasteiger partial charge is 0.497 e. The first-order chi connectivity index (χ1) is 11.4. The van der Waals surface area contributed by atoms with E-state index in [-0.39, 0.29) is 16.4 Å². The van der Waals surface area contributed by atoms with Gasteiger partial charge in [0.2, 0.25) is 0 Å². The highest BCUT2D eigenvalue weighted by Gasteiger charge is 2.22. The van der Waals surface area contributed by atoms with Crippen molar-refractivity contribution in [2.75, 3.05) is 19.9 Å². The van der Waals surface area contributed by atoms with Gasteiger partial charge in [-0.15, -0.1) is 0 Å². The Morgan fingerprint density at radius 3 is 2.25 bits per heavy atom. The molecule has 2 rings (SSSR count). The summed E-state index contributed by atoms with van der Waals surface area (Å²) in [6.45, 7) is 2.74. The number of carbonyl (C=O) groups excluding carboxylic acids is 1. The Morgan fingerprint density at radius 2 is 1.71 bits per heavy atom.